The maximum atomic E-state index is 12.4. The van der Waals surface area contributed by atoms with Crippen molar-refractivity contribution in [1.82, 2.24) is 0 Å². The van der Waals surface area contributed by atoms with Gasteiger partial charge in [-0.15, -0.1) is 11.3 Å². The van der Waals surface area contributed by atoms with Crippen molar-refractivity contribution in [2.45, 2.75) is 40.0 Å². The molecule has 0 fully saturated rings. The predicted octanol–water partition coefficient (Wildman–Crippen LogP) is 5.53. The smallest absolute Gasteiger partial charge is 0.188 e. The highest BCUT2D eigenvalue weighted by Gasteiger charge is 2.22. The molecule has 0 unspecified atom stereocenters. The maximum absolute atomic E-state index is 12.4. The quantitative estimate of drug-likeness (QED) is 0.509. The van der Waals surface area contributed by atoms with E-state index in [4.69, 9.17) is 9.47 Å². The largest absolute Gasteiger partial charge is 0.465 e. The lowest BCUT2D eigenvalue weighted by Gasteiger charge is -2.19. The summed E-state index contributed by atoms with van der Waals surface area (Å²) in [6, 6.07) is 8.46. The average Bonchev–Trinajstić information content (AvgIpc) is 2.94. The molecule has 4 heteroatoms. The molecule has 0 amide bonds. The topological polar surface area (TPSA) is 35.5 Å². The van der Waals surface area contributed by atoms with Crippen LogP contribution in [0.3, 0.4) is 0 Å². The van der Waals surface area contributed by atoms with E-state index in [-0.39, 0.29) is 23.9 Å². The minimum Gasteiger partial charge on any atom is -0.465 e. The first-order chi connectivity index (χ1) is 11.3. The molecular formula is C20H26O3S. The molecule has 2 rings (SSSR count). The molecule has 24 heavy (non-hydrogen) atoms. The first-order valence-corrected chi connectivity index (χ1v) is 9.02. The lowest BCUT2D eigenvalue weighted by molar-refractivity contribution is 0.0508. The molecule has 1 heterocycles. The van der Waals surface area contributed by atoms with Crippen LogP contribution in [0.1, 0.15) is 50.5 Å². The second kappa shape index (κ2) is 7.49. The summed E-state index contributed by atoms with van der Waals surface area (Å²) in [7, 11) is 1.58. The van der Waals surface area contributed by atoms with Gasteiger partial charge in [0.05, 0.1) is 10.4 Å². The zero-order valence-electron chi connectivity index (χ0n) is 15.3. The highest BCUT2D eigenvalue weighted by Crippen LogP contribution is 2.41. The van der Waals surface area contributed by atoms with Gasteiger partial charge in [-0.05, 0) is 16.5 Å². The molecule has 0 aliphatic heterocycles. The molecule has 1 aromatic heterocycles. The van der Waals surface area contributed by atoms with Gasteiger partial charge in [-0.1, -0.05) is 58.9 Å². The Kier molecular flexibility index (Phi) is 5.83. The minimum absolute atomic E-state index is 0.0689. The molecule has 0 N–H and O–H groups in total. The Morgan fingerprint density at radius 2 is 1.79 bits per heavy atom. The number of Topliss-reactive ketones (excluding diaryl/α,β-unsaturated/α-hetero) is 1. The van der Waals surface area contributed by atoms with Gasteiger partial charge in [0.1, 0.15) is 0 Å². The van der Waals surface area contributed by atoms with Crippen molar-refractivity contribution in [3.05, 3.63) is 40.8 Å². The van der Waals surface area contributed by atoms with Crippen LogP contribution < -0.4 is 4.74 Å². The summed E-state index contributed by atoms with van der Waals surface area (Å²) < 4.78 is 10.8. The van der Waals surface area contributed by atoms with E-state index in [1.807, 2.05) is 19.2 Å². The van der Waals surface area contributed by atoms with E-state index in [0.717, 1.165) is 10.4 Å². The molecule has 0 saturated heterocycles. The van der Waals surface area contributed by atoms with Gasteiger partial charge in [0.25, 0.3) is 0 Å². The molecule has 0 aliphatic rings. The Morgan fingerprint density at radius 3 is 2.29 bits per heavy atom. The molecule has 0 spiro atoms. The summed E-state index contributed by atoms with van der Waals surface area (Å²) in [5.41, 5.74) is 3.09. The predicted molar refractivity (Wildman–Crippen MR) is 100 cm³/mol. The molecule has 130 valence electrons. The molecule has 0 radical (unpaired) electrons. The van der Waals surface area contributed by atoms with Crippen molar-refractivity contribution in [1.29, 1.82) is 0 Å². The van der Waals surface area contributed by atoms with E-state index >= 15 is 0 Å². The number of methoxy groups -OCH3 is 1. The Morgan fingerprint density at radius 1 is 1.17 bits per heavy atom. The van der Waals surface area contributed by atoms with Crippen molar-refractivity contribution < 1.29 is 14.3 Å². The maximum Gasteiger partial charge on any atom is 0.188 e. The highest BCUT2D eigenvalue weighted by molar-refractivity contribution is 7.14. The van der Waals surface area contributed by atoms with E-state index < -0.39 is 0 Å². The second-order valence-electron chi connectivity index (χ2n) is 7.20. The van der Waals surface area contributed by atoms with Crippen molar-refractivity contribution in [2.75, 3.05) is 13.9 Å². The van der Waals surface area contributed by atoms with E-state index in [1.54, 1.807) is 7.11 Å². The molecule has 1 aromatic carbocycles. The van der Waals surface area contributed by atoms with Crippen LogP contribution in [0.5, 0.6) is 5.75 Å². The van der Waals surface area contributed by atoms with Crippen LogP contribution in [-0.4, -0.2) is 19.7 Å². The van der Waals surface area contributed by atoms with Gasteiger partial charge in [0.2, 0.25) is 0 Å². The number of ketones is 1. The molecular weight excluding hydrogens is 320 g/mol. The van der Waals surface area contributed by atoms with Crippen molar-refractivity contribution >= 4 is 17.1 Å². The highest BCUT2D eigenvalue weighted by atomic mass is 32.1. The number of benzene rings is 1. The third kappa shape index (κ3) is 4.05. The van der Waals surface area contributed by atoms with Crippen molar-refractivity contribution in [3.63, 3.8) is 0 Å². The molecule has 2 aromatic rings. The molecule has 0 atom stereocenters. The standard InChI is InChI=1S/C20H26O3S/c1-13(2)17(21)16-11-24-19(18(16)23-12-22-6)14-7-9-15(10-8-14)20(3,4)5/h7-11,13H,12H2,1-6H3. The summed E-state index contributed by atoms with van der Waals surface area (Å²) >= 11 is 1.54. The lowest BCUT2D eigenvalue weighted by Crippen LogP contribution is -2.10. The number of ether oxygens (including phenoxy) is 2. The Balaban J connectivity index is 2.44. The minimum atomic E-state index is -0.0689. The van der Waals surface area contributed by atoms with Crippen LogP contribution in [0.2, 0.25) is 0 Å². The fourth-order valence-electron chi connectivity index (χ4n) is 2.41. The third-order valence-corrected chi connectivity index (χ3v) is 4.88. The lowest BCUT2D eigenvalue weighted by atomic mass is 9.86. The second-order valence-corrected chi connectivity index (χ2v) is 8.08. The zero-order valence-corrected chi connectivity index (χ0v) is 16.1. The fourth-order valence-corrected chi connectivity index (χ4v) is 3.42. The Labute approximate surface area is 148 Å². The van der Waals surface area contributed by atoms with E-state index in [2.05, 4.69) is 45.0 Å². The van der Waals surface area contributed by atoms with E-state index in [1.165, 1.54) is 16.9 Å². The molecule has 0 bridgehead atoms. The van der Waals surface area contributed by atoms with Crippen molar-refractivity contribution in [2.24, 2.45) is 5.92 Å². The van der Waals surface area contributed by atoms with Crippen LogP contribution >= 0.6 is 11.3 Å². The zero-order chi connectivity index (χ0) is 17.9. The van der Waals surface area contributed by atoms with Gasteiger partial charge >= 0.3 is 0 Å². The van der Waals surface area contributed by atoms with Gasteiger partial charge in [-0.3, -0.25) is 4.79 Å². The monoisotopic (exact) mass is 346 g/mol. The third-order valence-electron chi connectivity index (χ3n) is 3.87. The first kappa shape index (κ1) is 18.7. The Bertz CT molecular complexity index is 691. The van der Waals surface area contributed by atoms with Crippen LogP contribution in [0, 0.1) is 5.92 Å². The van der Waals surface area contributed by atoms with Gasteiger partial charge < -0.3 is 9.47 Å². The van der Waals surface area contributed by atoms with Gasteiger partial charge in [-0.2, -0.15) is 0 Å². The normalized spacial score (nSPS) is 11.8. The Hall–Kier alpha value is -1.65. The van der Waals surface area contributed by atoms with Crippen LogP contribution in [0.25, 0.3) is 10.4 Å². The number of rotatable bonds is 6. The number of hydrogen-bond acceptors (Lipinski definition) is 4. The number of hydrogen-bond donors (Lipinski definition) is 0. The van der Waals surface area contributed by atoms with Gasteiger partial charge in [0.15, 0.2) is 18.3 Å². The fraction of sp³-hybridized carbons (Fsp3) is 0.450. The first-order valence-electron chi connectivity index (χ1n) is 8.14. The summed E-state index contributed by atoms with van der Waals surface area (Å²) in [5, 5.41) is 1.89. The number of thiophene rings is 1. The van der Waals surface area contributed by atoms with Gasteiger partial charge in [-0.25, -0.2) is 0 Å². The summed E-state index contributed by atoms with van der Waals surface area (Å²) in [6.07, 6.45) is 0. The summed E-state index contributed by atoms with van der Waals surface area (Å²) in [6.45, 7) is 10.5. The van der Waals surface area contributed by atoms with E-state index in [9.17, 15) is 4.79 Å². The molecule has 0 aliphatic carbocycles. The average molecular weight is 346 g/mol. The van der Waals surface area contributed by atoms with Crippen LogP contribution in [0.15, 0.2) is 29.6 Å². The number of carbonyl (C=O) groups excluding carboxylic acids is 1. The SMILES string of the molecule is COCOc1c(C(=O)C(C)C)csc1-c1ccc(C(C)(C)C)cc1. The van der Waals surface area contributed by atoms with E-state index in [0.29, 0.717) is 11.3 Å². The number of carbonyl (C=O) groups is 1. The summed E-state index contributed by atoms with van der Waals surface area (Å²) in [4.78, 5) is 13.4. The summed E-state index contributed by atoms with van der Waals surface area (Å²) in [5.74, 6) is 0.652. The van der Waals surface area contributed by atoms with Crippen molar-refractivity contribution in [3.8, 4) is 16.2 Å². The van der Waals surface area contributed by atoms with Gasteiger partial charge in [0, 0.05) is 18.4 Å². The molecule has 0 saturated carbocycles. The molecule has 3 nitrogen and oxygen atoms in total. The van der Waals surface area contributed by atoms with Crippen LogP contribution in [0.4, 0.5) is 0 Å². The van der Waals surface area contributed by atoms with Crippen LogP contribution in [-0.2, 0) is 10.2 Å².